The summed E-state index contributed by atoms with van der Waals surface area (Å²) >= 11 is 0. The van der Waals surface area contributed by atoms with Crippen molar-refractivity contribution in [2.75, 3.05) is 11.9 Å². The molecule has 19 heavy (non-hydrogen) atoms. The maximum atomic E-state index is 11.4. The summed E-state index contributed by atoms with van der Waals surface area (Å²) in [5, 5.41) is 9.58. The summed E-state index contributed by atoms with van der Waals surface area (Å²) in [4.78, 5) is 22.5. The molecule has 0 spiro atoms. The van der Waals surface area contributed by atoms with Crippen molar-refractivity contribution >= 4 is 17.7 Å². The highest BCUT2D eigenvalue weighted by Gasteiger charge is 2.00. The number of nitrogens with zero attached hydrogens (tertiary/aromatic N) is 2. The Morgan fingerprint density at radius 3 is 2.58 bits per heavy atom. The lowest BCUT2D eigenvalue weighted by Crippen LogP contribution is -2.05. The van der Waals surface area contributed by atoms with E-state index in [1.54, 1.807) is 38.1 Å². The number of benzene rings is 1. The van der Waals surface area contributed by atoms with Gasteiger partial charge in [-0.05, 0) is 26.0 Å². The van der Waals surface area contributed by atoms with Crippen molar-refractivity contribution in [1.82, 2.24) is 0 Å². The normalized spacial score (nSPS) is 11.4. The highest BCUT2D eigenvalue weighted by Crippen LogP contribution is 2.06. The Morgan fingerprint density at radius 1 is 1.26 bits per heavy atom. The van der Waals surface area contributed by atoms with Crippen molar-refractivity contribution in [2.45, 2.75) is 13.8 Å². The third-order valence-electron chi connectivity index (χ3n) is 1.94. The molecule has 100 valence electrons. The van der Waals surface area contributed by atoms with E-state index in [1.807, 2.05) is 6.07 Å². The van der Waals surface area contributed by atoms with Crippen LogP contribution in [0.15, 0.2) is 52.3 Å². The molecule has 0 aromatic heterocycles. The second-order valence-corrected chi connectivity index (χ2v) is 3.53. The van der Waals surface area contributed by atoms with Crippen LogP contribution in [0.1, 0.15) is 13.8 Å². The number of para-hydroxylation sites is 1. The van der Waals surface area contributed by atoms with Crippen molar-refractivity contribution < 1.29 is 14.3 Å². The first kappa shape index (κ1) is 14.6. The van der Waals surface area contributed by atoms with E-state index in [1.165, 1.54) is 6.08 Å². The Hall–Kier alpha value is -2.50. The molecule has 1 N–H and O–H groups in total. The van der Waals surface area contributed by atoms with Gasteiger partial charge in [0.1, 0.15) is 0 Å². The molecule has 0 saturated heterocycles. The second kappa shape index (κ2) is 7.75. The van der Waals surface area contributed by atoms with Crippen LogP contribution in [0.2, 0.25) is 0 Å². The molecule has 1 rings (SSSR count). The quantitative estimate of drug-likeness (QED) is 0.513. The molecule has 0 aliphatic heterocycles. The minimum atomic E-state index is -0.609. The first-order valence-corrected chi connectivity index (χ1v) is 5.74. The lowest BCUT2D eigenvalue weighted by molar-refractivity contribution is -0.137. The topological polar surface area (TPSA) is 80.1 Å². The van der Waals surface area contributed by atoms with Gasteiger partial charge in [0, 0.05) is 11.8 Å². The number of hydrogen-bond donors (Lipinski definition) is 1. The predicted molar refractivity (Wildman–Crippen MR) is 70.7 cm³/mol. The molecule has 0 aliphatic rings. The lowest BCUT2D eigenvalue weighted by Gasteiger charge is -1.99. The summed E-state index contributed by atoms with van der Waals surface area (Å²) in [6.07, 6.45) is 1.17. The smallest absolute Gasteiger partial charge is 0.364 e. The minimum Gasteiger partial charge on any atom is -0.463 e. The highest BCUT2D eigenvalue weighted by molar-refractivity contribution is 5.89. The van der Waals surface area contributed by atoms with Gasteiger partial charge in [0.25, 0.3) is 0 Å². The number of azo groups is 1. The largest absolute Gasteiger partial charge is 0.463 e. The van der Waals surface area contributed by atoms with E-state index in [0.717, 1.165) is 0 Å². The molecule has 0 radical (unpaired) electrons. The van der Waals surface area contributed by atoms with Crippen LogP contribution >= 0.6 is 0 Å². The van der Waals surface area contributed by atoms with Gasteiger partial charge in [-0.25, -0.2) is 9.59 Å². The first-order chi connectivity index (χ1) is 9.11. The summed E-state index contributed by atoms with van der Waals surface area (Å²) in [5.74, 6) is -0.512. The standard InChI is InChI=1S/C13H15N3O3/c1-3-19-12(17)9-10(2)15-16-13(18)14-11-7-5-4-6-8-11/h4-9H,3H2,1-2H3,(H,14,18)/b10-9+,16-15?. The zero-order valence-corrected chi connectivity index (χ0v) is 10.8. The van der Waals surface area contributed by atoms with Crippen LogP contribution in [0, 0.1) is 0 Å². The number of nitrogens with one attached hydrogen (secondary N) is 1. The number of carbonyl (C=O) groups excluding carboxylic acids is 2. The van der Waals surface area contributed by atoms with Crippen LogP contribution in [-0.2, 0) is 9.53 Å². The Balaban J connectivity index is 2.52. The van der Waals surface area contributed by atoms with E-state index >= 15 is 0 Å². The molecule has 0 aliphatic carbocycles. The van der Waals surface area contributed by atoms with Crippen molar-refractivity contribution in [3.05, 3.63) is 42.1 Å². The fraction of sp³-hybridized carbons (Fsp3) is 0.231. The van der Waals surface area contributed by atoms with Gasteiger partial charge < -0.3 is 10.1 Å². The van der Waals surface area contributed by atoms with E-state index in [-0.39, 0.29) is 6.61 Å². The summed E-state index contributed by atoms with van der Waals surface area (Å²) in [5.41, 5.74) is 0.917. The second-order valence-electron chi connectivity index (χ2n) is 3.53. The predicted octanol–water partition coefficient (Wildman–Crippen LogP) is 3.14. The molecule has 0 saturated carbocycles. The zero-order valence-electron chi connectivity index (χ0n) is 10.8. The highest BCUT2D eigenvalue weighted by atomic mass is 16.5. The van der Waals surface area contributed by atoms with Gasteiger partial charge in [0.15, 0.2) is 0 Å². The van der Waals surface area contributed by atoms with Crippen molar-refractivity contribution in [3.63, 3.8) is 0 Å². The van der Waals surface area contributed by atoms with Crippen LogP contribution in [0.4, 0.5) is 10.5 Å². The number of allylic oxidation sites excluding steroid dienone is 1. The molecular formula is C13H15N3O3. The number of urea groups is 1. The third kappa shape index (κ3) is 6.11. The molecule has 6 nitrogen and oxygen atoms in total. The van der Waals surface area contributed by atoms with Crippen LogP contribution in [0.3, 0.4) is 0 Å². The fourth-order valence-corrected chi connectivity index (χ4v) is 1.18. The number of ether oxygens (including phenoxy) is 1. The average molecular weight is 261 g/mol. The molecule has 0 bridgehead atoms. The number of anilines is 1. The Labute approximate surface area is 111 Å². The van der Waals surface area contributed by atoms with E-state index in [9.17, 15) is 9.59 Å². The molecular weight excluding hydrogens is 246 g/mol. The monoisotopic (exact) mass is 261 g/mol. The summed E-state index contributed by atoms with van der Waals surface area (Å²) < 4.78 is 4.70. The summed E-state index contributed by atoms with van der Waals surface area (Å²) in [7, 11) is 0. The maximum Gasteiger partial charge on any atom is 0.364 e. The van der Waals surface area contributed by atoms with Crippen LogP contribution < -0.4 is 5.32 Å². The lowest BCUT2D eigenvalue weighted by atomic mass is 10.3. The van der Waals surface area contributed by atoms with E-state index in [4.69, 9.17) is 4.74 Å². The number of rotatable bonds is 4. The molecule has 2 amide bonds. The fourth-order valence-electron chi connectivity index (χ4n) is 1.18. The Bertz CT molecular complexity index is 495. The van der Waals surface area contributed by atoms with Crippen LogP contribution in [-0.4, -0.2) is 18.6 Å². The van der Waals surface area contributed by atoms with Crippen molar-refractivity contribution in [2.24, 2.45) is 10.2 Å². The molecule has 1 aromatic rings. The number of esters is 1. The SMILES string of the molecule is CCOC(=O)/C=C(\C)N=NC(=O)Nc1ccccc1. The van der Waals surface area contributed by atoms with Crippen LogP contribution in [0.5, 0.6) is 0 Å². The van der Waals surface area contributed by atoms with E-state index in [0.29, 0.717) is 11.4 Å². The summed E-state index contributed by atoms with van der Waals surface area (Å²) in [6.45, 7) is 3.54. The number of carbonyl (C=O) groups is 2. The number of amides is 2. The van der Waals surface area contributed by atoms with Gasteiger partial charge in [-0.1, -0.05) is 23.3 Å². The van der Waals surface area contributed by atoms with Gasteiger partial charge in [-0.2, -0.15) is 5.11 Å². The van der Waals surface area contributed by atoms with Crippen molar-refractivity contribution in [3.8, 4) is 0 Å². The van der Waals surface area contributed by atoms with Gasteiger partial charge in [0.05, 0.1) is 12.3 Å². The molecule has 0 fully saturated rings. The summed E-state index contributed by atoms with van der Waals surface area (Å²) in [6, 6.07) is 8.27. The van der Waals surface area contributed by atoms with Crippen LogP contribution in [0.25, 0.3) is 0 Å². The van der Waals surface area contributed by atoms with Gasteiger partial charge in [-0.15, -0.1) is 0 Å². The van der Waals surface area contributed by atoms with Gasteiger partial charge >= 0.3 is 12.0 Å². The minimum absolute atomic E-state index is 0.286. The number of hydrogen-bond acceptors (Lipinski definition) is 4. The third-order valence-corrected chi connectivity index (χ3v) is 1.94. The Kier molecular flexibility index (Phi) is 5.94. The molecule has 1 aromatic carbocycles. The van der Waals surface area contributed by atoms with Crippen molar-refractivity contribution in [1.29, 1.82) is 0 Å². The Morgan fingerprint density at radius 2 is 1.95 bits per heavy atom. The molecule has 6 heteroatoms. The molecule has 0 atom stereocenters. The maximum absolute atomic E-state index is 11.4. The molecule has 0 unspecified atom stereocenters. The van der Waals surface area contributed by atoms with Gasteiger partial charge in [0.2, 0.25) is 0 Å². The van der Waals surface area contributed by atoms with Gasteiger partial charge in [-0.3, -0.25) is 0 Å². The van der Waals surface area contributed by atoms with E-state index in [2.05, 4.69) is 15.5 Å². The zero-order chi connectivity index (χ0) is 14.1. The first-order valence-electron chi connectivity index (χ1n) is 5.74. The molecule has 0 heterocycles. The average Bonchev–Trinajstić information content (AvgIpc) is 2.38. The van der Waals surface area contributed by atoms with E-state index < -0.39 is 12.0 Å².